The van der Waals surface area contributed by atoms with Gasteiger partial charge in [0.2, 0.25) is 11.5 Å². The topological polar surface area (TPSA) is 91.7 Å². The first-order valence-electron chi connectivity index (χ1n) is 2.31. The van der Waals surface area contributed by atoms with Gasteiger partial charge in [-0.3, -0.25) is 14.4 Å². The first kappa shape index (κ1) is 16.1. The van der Waals surface area contributed by atoms with Gasteiger partial charge in [0.25, 0.3) is 16.3 Å². The first-order chi connectivity index (χ1) is 4.55. The van der Waals surface area contributed by atoms with E-state index in [-0.39, 0.29) is 103 Å². The minimum absolute atomic E-state index is 0. The molecule has 5 nitrogen and oxygen atoms in total. The summed E-state index contributed by atoms with van der Waals surface area (Å²) in [5.74, 6) is -2.31. The van der Waals surface area contributed by atoms with Crippen LogP contribution in [-0.4, -0.2) is 113 Å². The number of hydrogen-bond donors (Lipinski definition) is 2. The van der Waals surface area contributed by atoms with Gasteiger partial charge in [0, 0.05) is 0 Å². The second kappa shape index (κ2) is 6.17. The molecule has 1 aromatic rings. The number of rotatable bonds is 0. The standard InChI is InChI=1S/C5H2O5.2K.2H/c6-1-2(7)4(9)5(10)3(1)8;;;;/h6-7H;;;;. The summed E-state index contributed by atoms with van der Waals surface area (Å²) < 4.78 is 0. The third-order valence-electron chi connectivity index (χ3n) is 1.07. The minimum atomic E-state index is -1.39. The average molecular weight is 222 g/mol. The Morgan fingerprint density at radius 2 is 0.917 bits per heavy atom. The normalized spacial score (nSPS) is 8.33. The molecule has 0 heterocycles. The van der Waals surface area contributed by atoms with Gasteiger partial charge in [0.1, 0.15) is 0 Å². The van der Waals surface area contributed by atoms with Crippen LogP contribution in [0, 0.1) is 0 Å². The number of aromatic hydroxyl groups is 2. The monoisotopic (exact) mass is 222 g/mol. The molecule has 0 aliphatic rings. The molecular weight excluding hydrogens is 218 g/mol. The van der Waals surface area contributed by atoms with Crippen LogP contribution in [0.3, 0.4) is 0 Å². The van der Waals surface area contributed by atoms with Crippen molar-refractivity contribution < 1.29 is 10.2 Å². The van der Waals surface area contributed by atoms with Crippen LogP contribution in [0.15, 0.2) is 14.4 Å². The first-order valence-corrected chi connectivity index (χ1v) is 2.31. The van der Waals surface area contributed by atoms with Gasteiger partial charge < -0.3 is 10.2 Å². The van der Waals surface area contributed by atoms with Crippen LogP contribution in [-0.2, 0) is 0 Å². The van der Waals surface area contributed by atoms with E-state index in [1.54, 1.807) is 0 Å². The van der Waals surface area contributed by atoms with Crippen LogP contribution in [0.1, 0.15) is 0 Å². The molecule has 0 bridgehead atoms. The van der Waals surface area contributed by atoms with Crippen molar-refractivity contribution in [2.75, 3.05) is 0 Å². The average Bonchev–Trinajstić information content (AvgIpc) is 2.07. The molecular formula is C5H4K2O5. The molecule has 0 amide bonds. The summed E-state index contributed by atoms with van der Waals surface area (Å²) in [6, 6.07) is 0. The summed E-state index contributed by atoms with van der Waals surface area (Å²) in [5, 5.41) is 16.9. The zero-order chi connectivity index (χ0) is 7.89. The van der Waals surface area contributed by atoms with E-state index >= 15 is 0 Å². The Hall–Kier alpha value is 1.62. The SMILES string of the molecule is O=c1c(O)c(O)c(=O)c1=O.[KH].[KH]. The van der Waals surface area contributed by atoms with Crippen molar-refractivity contribution in [2.24, 2.45) is 0 Å². The van der Waals surface area contributed by atoms with Gasteiger partial charge in [-0.15, -0.1) is 0 Å². The molecule has 0 spiro atoms. The molecule has 56 valence electrons. The molecule has 12 heavy (non-hydrogen) atoms. The third kappa shape index (κ3) is 2.81. The molecule has 7 heteroatoms. The van der Waals surface area contributed by atoms with Crippen molar-refractivity contribution in [1.82, 2.24) is 0 Å². The van der Waals surface area contributed by atoms with Crippen LogP contribution in [0.5, 0.6) is 11.5 Å². The molecule has 0 aliphatic heterocycles. The molecule has 0 radical (unpaired) electrons. The third-order valence-corrected chi connectivity index (χ3v) is 1.07. The van der Waals surface area contributed by atoms with E-state index in [0.717, 1.165) is 0 Å². The molecule has 1 aromatic carbocycles. The molecule has 0 saturated heterocycles. The van der Waals surface area contributed by atoms with Crippen molar-refractivity contribution in [2.45, 2.75) is 0 Å². The van der Waals surface area contributed by atoms with Gasteiger partial charge in [-0.05, 0) is 0 Å². The Bertz CT molecular complexity index is 366. The van der Waals surface area contributed by atoms with E-state index in [1.165, 1.54) is 0 Å². The summed E-state index contributed by atoms with van der Waals surface area (Å²) in [4.78, 5) is 30.8. The Balaban J connectivity index is 0. The summed E-state index contributed by atoms with van der Waals surface area (Å²) in [6.07, 6.45) is 0. The molecule has 0 aliphatic carbocycles. The van der Waals surface area contributed by atoms with Crippen molar-refractivity contribution in [3.05, 3.63) is 30.7 Å². The fourth-order valence-corrected chi connectivity index (χ4v) is 0.533. The van der Waals surface area contributed by atoms with Crippen LogP contribution < -0.4 is 16.3 Å². The molecule has 0 atom stereocenters. The molecule has 0 unspecified atom stereocenters. The van der Waals surface area contributed by atoms with Crippen LogP contribution >= 0.6 is 0 Å². The van der Waals surface area contributed by atoms with Crippen molar-refractivity contribution in [3.63, 3.8) is 0 Å². The van der Waals surface area contributed by atoms with Gasteiger partial charge in [0.05, 0.1) is 0 Å². The van der Waals surface area contributed by atoms with Gasteiger partial charge in [-0.2, -0.15) is 0 Å². The fourth-order valence-electron chi connectivity index (χ4n) is 0.533. The molecule has 2 N–H and O–H groups in total. The van der Waals surface area contributed by atoms with E-state index < -0.39 is 27.8 Å². The van der Waals surface area contributed by atoms with Crippen molar-refractivity contribution in [3.8, 4) is 11.5 Å². The molecule has 0 saturated carbocycles. The van der Waals surface area contributed by atoms with E-state index in [1.807, 2.05) is 0 Å². The Morgan fingerprint density at radius 1 is 0.667 bits per heavy atom. The Labute approximate surface area is 151 Å². The predicted octanol–water partition coefficient (Wildman–Crippen LogP) is -3.24. The summed E-state index contributed by atoms with van der Waals surface area (Å²) in [5.41, 5.74) is -4.08. The van der Waals surface area contributed by atoms with Crippen LogP contribution in [0.2, 0.25) is 0 Å². The second-order valence-corrected chi connectivity index (χ2v) is 1.68. The van der Waals surface area contributed by atoms with Crippen molar-refractivity contribution >= 4 is 103 Å². The molecule has 1 rings (SSSR count). The summed E-state index contributed by atoms with van der Waals surface area (Å²) in [7, 11) is 0. The van der Waals surface area contributed by atoms with E-state index in [2.05, 4.69) is 0 Å². The maximum absolute atomic E-state index is 10.3. The van der Waals surface area contributed by atoms with Gasteiger partial charge >= 0.3 is 103 Å². The number of hydrogen-bond acceptors (Lipinski definition) is 5. The predicted molar refractivity (Wildman–Crippen MR) is 45.3 cm³/mol. The van der Waals surface area contributed by atoms with E-state index in [0.29, 0.717) is 0 Å². The summed E-state index contributed by atoms with van der Waals surface area (Å²) >= 11 is 0. The maximum atomic E-state index is 10.3. The second-order valence-electron chi connectivity index (χ2n) is 1.68. The Morgan fingerprint density at radius 3 is 1.00 bits per heavy atom. The van der Waals surface area contributed by atoms with Gasteiger partial charge in [-0.25, -0.2) is 0 Å². The Kier molecular flexibility index (Phi) is 8.26. The zero-order valence-electron chi connectivity index (χ0n) is 4.62. The van der Waals surface area contributed by atoms with Crippen LogP contribution in [0.4, 0.5) is 0 Å². The van der Waals surface area contributed by atoms with Crippen molar-refractivity contribution in [1.29, 1.82) is 0 Å². The van der Waals surface area contributed by atoms with Gasteiger partial charge in [0.15, 0.2) is 0 Å². The van der Waals surface area contributed by atoms with E-state index in [9.17, 15) is 14.4 Å². The summed E-state index contributed by atoms with van der Waals surface area (Å²) in [6.45, 7) is 0. The van der Waals surface area contributed by atoms with E-state index in [4.69, 9.17) is 10.2 Å². The zero-order valence-corrected chi connectivity index (χ0v) is 4.62. The van der Waals surface area contributed by atoms with Gasteiger partial charge in [-0.1, -0.05) is 0 Å². The quantitative estimate of drug-likeness (QED) is 0.355. The molecule has 0 aromatic heterocycles. The molecule has 0 fully saturated rings. The fraction of sp³-hybridized carbons (Fsp3) is 0. The van der Waals surface area contributed by atoms with Crippen LogP contribution in [0.25, 0.3) is 0 Å².